The summed E-state index contributed by atoms with van der Waals surface area (Å²) in [5.41, 5.74) is 0.855. The third-order valence-electron chi connectivity index (χ3n) is 4.02. The Hall–Kier alpha value is -1.11. The summed E-state index contributed by atoms with van der Waals surface area (Å²) in [6, 6.07) is 7.35. The Morgan fingerprint density at radius 2 is 2.13 bits per heavy atom. The Morgan fingerprint density at radius 1 is 1.39 bits per heavy atom. The highest BCUT2D eigenvalue weighted by Gasteiger charge is 2.31. The largest absolute Gasteiger partial charge is 0.352 e. The van der Waals surface area contributed by atoms with Crippen LogP contribution in [-0.2, 0) is 21.4 Å². The molecule has 0 saturated carbocycles. The highest BCUT2D eigenvalue weighted by molar-refractivity contribution is 7.89. The van der Waals surface area contributed by atoms with Crippen LogP contribution in [0.25, 0.3) is 0 Å². The molecule has 23 heavy (non-hydrogen) atoms. The van der Waals surface area contributed by atoms with Gasteiger partial charge in [-0.1, -0.05) is 36.7 Å². The van der Waals surface area contributed by atoms with Crippen LogP contribution in [0.4, 0.5) is 0 Å². The predicted octanol–water partition coefficient (Wildman–Crippen LogP) is 2.41. The fraction of sp³-hybridized carbons (Fsp3) is 0.562. The van der Waals surface area contributed by atoms with E-state index < -0.39 is 10.0 Å². The fourth-order valence-corrected chi connectivity index (χ4v) is 4.56. The van der Waals surface area contributed by atoms with Crippen molar-refractivity contribution >= 4 is 27.5 Å². The molecule has 7 heteroatoms. The van der Waals surface area contributed by atoms with Crippen molar-refractivity contribution in [2.45, 2.75) is 32.7 Å². The third-order valence-corrected chi connectivity index (χ3v) is 6.43. The average Bonchev–Trinajstić information content (AvgIpc) is 2.54. The number of amides is 1. The summed E-state index contributed by atoms with van der Waals surface area (Å²) in [5, 5.41) is 3.48. The van der Waals surface area contributed by atoms with Crippen molar-refractivity contribution < 1.29 is 13.2 Å². The van der Waals surface area contributed by atoms with Crippen molar-refractivity contribution in [2.75, 3.05) is 18.8 Å². The highest BCUT2D eigenvalue weighted by Crippen LogP contribution is 2.21. The van der Waals surface area contributed by atoms with E-state index in [2.05, 4.69) is 5.32 Å². The molecule has 2 rings (SSSR count). The lowest BCUT2D eigenvalue weighted by Crippen LogP contribution is -2.45. The van der Waals surface area contributed by atoms with Crippen LogP contribution in [0.5, 0.6) is 0 Å². The first-order chi connectivity index (χ1) is 10.9. The van der Waals surface area contributed by atoms with E-state index in [0.717, 1.165) is 5.56 Å². The standard InChI is InChI=1S/C16H23ClN2O3S/c1-2-10-23(21,22)19-9-5-7-14(12-19)16(20)18-11-13-6-3-4-8-15(13)17/h3-4,6,8,14H,2,5,7,9-12H2,1H3,(H,18,20). The zero-order valence-corrected chi connectivity index (χ0v) is 14.9. The number of hydrogen-bond donors (Lipinski definition) is 1. The van der Waals surface area contributed by atoms with Gasteiger partial charge in [-0.25, -0.2) is 12.7 Å². The first kappa shape index (κ1) is 18.2. The number of carbonyl (C=O) groups is 1. The third kappa shape index (κ3) is 4.93. The number of sulfonamides is 1. The molecule has 1 atom stereocenters. The Labute approximate surface area is 143 Å². The molecule has 0 spiro atoms. The Bertz CT molecular complexity index is 648. The second kappa shape index (κ2) is 8.13. The van der Waals surface area contributed by atoms with Gasteiger partial charge < -0.3 is 5.32 Å². The van der Waals surface area contributed by atoms with Crippen LogP contribution in [0, 0.1) is 5.92 Å². The van der Waals surface area contributed by atoms with E-state index in [1.165, 1.54) is 4.31 Å². The summed E-state index contributed by atoms with van der Waals surface area (Å²) in [5.74, 6) is -0.264. The number of nitrogens with one attached hydrogen (secondary N) is 1. The summed E-state index contributed by atoms with van der Waals surface area (Å²) >= 11 is 6.07. The van der Waals surface area contributed by atoms with E-state index >= 15 is 0 Å². The molecule has 0 aliphatic carbocycles. The first-order valence-corrected chi connectivity index (χ1v) is 9.91. The van der Waals surface area contributed by atoms with Gasteiger partial charge in [0.05, 0.1) is 11.7 Å². The van der Waals surface area contributed by atoms with Crippen LogP contribution in [0.2, 0.25) is 5.02 Å². The minimum atomic E-state index is -3.24. The van der Waals surface area contributed by atoms with E-state index in [0.29, 0.717) is 37.4 Å². The van der Waals surface area contributed by atoms with Crippen LogP contribution < -0.4 is 5.32 Å². The van der Waals surface area contributed by atoms with Crippen LogP contribution in [0.15, 0.2) is 24.3 Å². The molecule has 1 aliphatic heterocycles. The molecule has 1 heterocycles. The number of benzene rings is 1. The molecular weight excluding hydrogens is 336 g/mol. The van der Waals surface area contributed by atoms with Crippen molar-refractivity contribution in [3.8, 4) is 0 Å². The number of rotatable bonds is 6. The minimum Gasteiger partial charge on any atom is -0.352 e. The lowest BCUT2D eigenvalue weighted by Gasteiger charge is -2.31. The molecule has 1 aromatic carbocycles. The second-order valence-corrected chi connectivity index (χ2v) is 8.32. The van der Waals surface area contributed by atoms with Gasteiger partial charge in [-0.3, -0.25) is 4.79 Å². The maximum Gasteiger partial charge on any atom is 0.224 e. The number of halogens is 1. The average molecular weight is 359 g/mol. The van der Waals surface area contributed by atoms with E-state index in [1.807, 2.05) is 25.1 Å². The van der Waals surface area contributed by atoms with Gasteiger partial charge in [0.25, 0.3) is 0 Å². The van der Waals surface area contributed by atoms with Crippen molar-refractivity contribution in [3.05, 3.63) is 34.9 Å². The van der Waals surface area contributed by atoms with Gasteiger partial charge in [0.1, 0.15) is 0 Å². The van der Waals surface area contributed by atoms with E-state index in [-0.39, 0.29) is 24.1 Å². The smallest absolute Gasteiger partial charge is 0.224 e. The summed E-state index contributed by atoms with van der Waals surface area (Å²) in [6.07, 6.45) is 2.02. The molecule has 1 N–H and O–H groups in total. The zero-order chi connectivity index (χ0) is 16.9. The molecule has 0 radical (unpaired) electrons. The predicted molar refractivity (Wildman–Crippen MR) is 91.7 cm³/mol. The van der Waals surface area contributed by atoms with Crippen molar-refractivity contribution in [2.24, 2.45) is 5.92 Å². The van der Waals surface area contributed by atoms with Gasteiger partial charge in [-0.2, -0.15) is 0 Å². The van der Waals surface area contributed by atoms with Crippen LogP contribution in [-0.4, -0.2) is 37.5 Å². The fourth-order valence-electron chi connectivity index (χ4n) is 2.76. The van der Waals surface area contributed by atoms with Gasteiger partial charge in [0.15, 0.2) is 0 Å². The quantitative estimate of drug-likeness (QED) is 0.849. The molecule has 1 saturated heterocycles. The van der Waals surface area contributed by atoms with Crippen molar-refractivity contribution in [3.63, 3.8) is 0 Å². The Kier molecular flexibility index (Phi) is 6.44. The van der Waals surface area contributed by atoms with Gasteiger partial charge in [0.2, 0.25) is 15.9 Å². The molecular formula is C16H23ClN2O3S. The molecule has 1 fully saturated rings. The minimum absolute atomic E-state index is 0.110. The van der Waals surface area contributed by atoms with Crippen LogP contribution in [0.3, 0.4) is 0 Å². The van der Waals surface area contributed by atoms with Gasteiger partial charge in [-0.15, -0.1) is 0 Å². The Balaban J connectivity index is 1.93. The van der Waals surface area contributed by atoms with E-state index in [1.54, 1.807) is 6.07 Å². The number of piperidine rings is 1. The first-order valence-electron chi connectivity index (χ1n) is 7.93. The molecule has 128 valence electrons. The van der Waals surface area contributed by atoms with Crippen LogP contribution >= 0.6 is 11.6 Å². The summed E-state index contributed by atoms with van der Waals surface area (Å²) < 4.78 is 25.8. The van der Waals surface area contributed by atoms with Crippen molar-refractivity contribution in [1.29, 1.82) is 0 Å². The van der Waals surface area contributed by atoms with Gasteiger partial charge in [0, 0.05) is 24.7 Å². The Morgan fingerprint density at radius 3 is 2.83 bits per heavy atom. The highest BCUT2D eigenvalue weighted by atomic mass is 35.5. The number of carbonyl (C=O) groups excluding carboxylic acids is 1. The number of nitrogens with zero attached hydrogens (tertiary/aromatic N) is 1. The molecule has 1 unspecified atom stereocenters. The zero-order valence-electron chi connectivity index (χ0n) is 13.3. The summed E-state index contributed by atoms with van der Waals surface area (Å²) in [4.78, 5) is 12.3. The van der Waals surface area contributed by atoms with Crippen molar-refractivity contribution in [1.82, 2.24) is 9.62 Å². The molecule has 1 amide bonds. The molecule has 1 aromatic rings. The maximum atomic E-state index is 12.3. The SMILES string of the molecule is CCCS(=O)(=O)N1CCCC(C(=O)NCc2ccccc2Cl)C1. The number of hydrogen-bond acceptors (Lipinski definition) is 3. The monoisotopic (exact) mass is 358 g/mol. The van der Waals surface area contributed by atoms with Gasteiger partial charge in [-0.05, 0) is 30.9 Å². The summed E-state index contributed by atoms with van der Waals surface area (Å²) in [6.45, 7) is 2.99. The molecule has 1 aliphatic rings. The molecule has 5 nitrogen and oxygen atoms in total. The lowest BCUT2D eigenvalue weighted by molar-refractivity contribution is -0.126. The molecule has 0 aromatic heterocycles. The maximum absolute atomic E-state index is 12.3. The van der Waals surface area contributed by atoms with E-state index in [4.69, 9.17) is 11.6 Å². The molecule has 0 bridgehead atoms. The van der Waals surface area contributed by atoms with E-state index in [9.17, 15) is 13.2 Å². The summed E-state index contributed by atoms with van der Waals surface area (Å²) in [7, 11) is -3.24. The van der Waals surface area contributed by atoms with Gasteiger partial charge >= 0.3 is 0 Å². The second-order valence-electron chi connectivity index (χ2n) is 5.82. The topological polar surface area (TPSA) is 66.5 Å². The van der Waals surface area contributed by atoms with Crippen LogP contribution in [0.1, 0.15) is 31.7 Å². The lowest BCUT2D eigenvalue weighted by atomic mass is 9.99. The normalized spacial score (nSPS) is 19.5.